The molecule has 0 amide bonds. The lowest BCUT2D eigenvalue weighted by Crippen LogP contribution is -2.25. The highest BCUT2D eigenvalue weighted by molar-refractivity contribution is 5.96. The third-order valence-corrected chi connectivity index (χ3v) is 6.20. The van der Waals surface area contributed by atoms with Crippen LogP contribution >= 0.6 is 0 Å². The van der Waals surface area contributed by atoms with E-state index in [1.54, 1.807) is 12.4 Å². The summed E-state index contributed by atoms with van der Waals surface area (Å²) in [7, 11) is 0. The van der Waals surface area contributed by atoms with Crippen LogP contribution in [-0.4, -0.2) is 23.1 Å². The summed E-state index contributed by atoms with van der Waals surface area (Å²) in [6.45, 7) is 6.59. The average Bonchev–Trinajstić information content (AvgIpc) is 2.88. The van der Waals surface area contributed by atoms with E-state index in [0.29, 0.717) is 0 Å². The van der Waals surface area contributed by atoms with Gasteiger partial charge in [-0.1, -0.05) is 51.0 Å². The number of benzene rings is 3. The fourth-order valence-corrected chi connectivity index (χ4v) is 4.34. The molecule has 5 heteroatoms. The van der Waals surface area contributed by atoms with Crippen molar-refractivity contribution in [2.24, 2.45) is 4.99 Å². The molecule has 172 valence electrons. The maximum absolute atomic E-state index is 6.47. The first-order valence-corrected chi connectivity index (χ1v) is 12.2. The van der Waals surface area contributed by atoms with Crippen LogP contribution in [0.15, 0.2) is 82.5 Å². The SMILES string of the molecule is CCCCN(CCCC)c1ccc2nc3c4ccccc4/c(=N/c4ccncc4)cc-3oc2c1. The van der Waals surface area contributed by atoms with Gasteiger partial charge in [0.2, 0.25) is 0 Å². The maximum Gasteiger partial charge on any atom is 0.155 e. The lowest BCUT2D eigenvalue weighted by molar-refractivity contribution is 0.612. The molecule has 0 fully saturated rings. The fraction of sp³-hybridized carbons (Fsp3) is 0.276. The highest BCUT2D eigenvalue weighted by atomic mass is 16.3. The molecule has 0 bridgehead atoms. The number of rotatable bonds is 8. The van der Waals surface area contributed by atoms with Gasteiger partial charge in [0, 0.05) is 54.1 Å². The van der Waals surface area contributed by atoms with Crippen molar-refractivity contribution < 1.29 is 4.42 Å². The number of hydrogen-bond donors (Lipinski definition) is 0. The zero-order chi connectivity index (χ0) is 23.3. The van der Waals surface area contributed by atoms with E-state index in [9.17, 15) is 0 Å². The quantitative estimate of drug-likeness (QED) is 0.187. The van der Waals surface area contributed by atoms with Crippen molar-refractivity contribution in [3.8, 4) is 11.5 Å². The second kappa shape index (κ2) is 10.0. The molecule has 34 heavy (non-hydrogen) atoms. The Morgan fingerprint density at radius 1 is 0.853 bits per heavy atom. The van der Waals surface area contributed by atoms with Crippen LogP contribution in [0.3, 0.4) is 0 Å². The number of fused-ring (bicyclic) bond motifs is 4. The Balaban J connectivity index is 1.67. The second-order valence-corrected chi connectivity index (χ2v) is 8.67. The van der Waals surface area contributed by atoms with Crippen molar-refractivity contribution in [3.63, 3.8) is 0 Å². The fourth-order valence-electron chi connectivity index (χ4n) is 4.34. The average molecular weight is 451 g/mol. The van der Waals surface area contributed by atoms with E-state index < -0.39 is 0 Å². The van der Waals surface area contributed by atoms with Crippen LogP contribution < -0.4 is 10.3 Å². The summed E-state index contributed by atoms with van der Waals surface area (Å²) < 4.78 is 6.47. The largest absolute Gasteiger partial charge is 0.453 e. The van der Waals surface area contributed by atoms with Crippen LogP contribution in [0.25, 0.3) is 33.3 Å². The number of nitrogens with zero attached hydrogens (tertiary/aromatic N) is 4. The van der Waals surface area contributed by atoms with Crippen molar-refractivity contribution in [1.82, 2.24) is 9.97 Å². The van der Waals surface area contributed by atoms with Crippen molar-refractivity contribution >= 4 is 33.2 Å². The molecule has 0 unspecified atom stereocenters. The predicted molar refractivity (Wildman–Crippen MR) is 140 cm³/mol. The molecule has 0 N–H and O–H groups in total. The van der Waals surface area contributed by atoms with Crippen LogP contribution in [0.1, 0.15) is 39.5 Å². The van der Waals surface area contributed by atoms with E-state index in [1.165, 1.54) is 31.4 Å². The molecule has 2 heterocycles. The zero-order valence-electron chi connectivity index (χ0n) is 19.9. The van der Waals surface area contributed by atoms with E-state index in [2.05, 4.69) is 54.1 Å². The molecule has 5 rings (SSSR count). The standard InChI is InChI=1S/C29H30N4O/c1-3-5-17-33(18-6-4-2)22-11-12-25-27(19-22)34-28-20-26(31-21-13-15-30-16-14-21)23-9-7-8-10-24(23)29(28)32-25/h7-16,19-20H,3-6,17-18H2,1-2H3/b31-26+. The summed E-state index contributed by atoms with van der Waals surface area (Å²) in [6.07, 6.45) is 8.24. The minimum Gasteiger partial charge on any atom is -0.453 e. The van der Waals surface area contributed by atoms with E-state index in [-0.39, 0.29) is 0 Å². The second-order valence-electron chi connectivity index (χ2n) is 8.67. The van der Waals surface area contributed by atoms with Gasteiger partial charge in [0.25, 0.3) is 0 Å². The molecule has 0 atom stereocenters. The molecule has 1 aliphatic carbocycles. The highest BCUT2D eigenvalue weighted by Crippen LogP contribution is 2.32. The van der Waals surface area contributed by atoms with Crippen LogP contribution in [0, 0.1) is 0 Å². The van der Waals surface area contributed by atoms with E-state index >= 15 is 0 Å². The number of aromatic nitrogens is 2. The Morgan fingerprint density at radius 3 is 2.32 bits per heavy atom. The minimum absolute atomic E-state index is 0.741. The molecule has 0 spiro atoms. The molecular weight excluding hydrogens is 420 g/mol. The molecule has 1 aliphatic heterocycles. The van der Waals surface area contributed by atoms with Gasteiger partial charge in [0.1, 0.15) is 11.2 Å². The Labute approximate surface area is 200 Å². The first-order valence-electron chi connectivity index (χ1n) is 12.2. The lowest BCUT2D eigenvalue weighted by atomic mass is 10.0. The van der Waals surface area contributed by atoms with Gasteiger partial charge >= 0.3 is 0 Å². The summed E-state index contributed by atoms with van der Waals surface area (Å²) in [5.74, 6) is 0.741. The summed E-state index contributed by atoms with van der Waals surface area (Å²) in [4.78, 5) is 16.5. The molecule has 0 saturated heterocycles. The van der Waals surface area contributed by atoms with Gasteiger partial charge in [-0.05, 0) is 37.1 Å². The molecule has 2 aromatic carbocycles. The molecule has 0 radical (unpaired) electrons. The van der Waals surface area contributed by atoms with Crippen LogP contribution in [-0.2, 0) is 0 Å². The predicted octanol–water partition coefficient (Wildman–Crippen LogP) is 7.12. The number of anilines is 1. The van der Waals surface area contributed by atoms with Crippen molar-refractivity contribution in [2.75, 3.05) is 18.0 Å². The molecule has 1 aromatic heterocycles. The van der Waals surface area contributed by atoms with Gasteiger partial charge in [-0.3, -0.25) is 4.98 Å². The molecule has 5 nitrogen and oxygen atoms in total. The summed E-state index contributed by atoms with van der Waals surface area (Å²) in [5, 5.41) is 2.95. The topological polar surface area (TPSA) is 54.5 Å². The Morgan fingerprint density at radius 2 is 1.59 bits per heavy atom. The first-order chi connectivity index (χ1) is 16.8. The van der Waals surface area contributed by atoms with Crippen LogP contribution in [0.2, 0.25) is 0 Å². The van der Waals surface area contributed by atoms with Gasteiger partial charge in [-0.25, -0.2) is 9.98 Å². The van der Waals surface area contributed by atoms with E-state index in [1.807, 2.05) is 30.3 Å². The van der Waals surface area contributed by atoms with E-state index in [0.717, 1.165) is 57.5 Å². The number of pyridine rings is 1. The number of unbranched alkanes of at least 4 members (excludes halogenated alkanes) is 2. The third kappa shape index (κ3) is 4.51. The van der Waals surface area contributed by atoms with Crippen molar-refractivity contribution in [2.45, 2.75) is 39.5 Å². The van der Waals surface area contributed by atoms with Gasteiger partial charge < -0.3 is 9.32 Å². The number of hydrogen-bond acceptors (Lipinski definition) is 5. The summed E-state index contributed by atoms with van der Waals surface area (Å²) >= 11 is 0. The molecular formula is C29H30N4O. The van der Waals surface area contributed by atoms with Crippen molar-refractivity contribution in [3.05, 3.63) is 78.4 Å². The Hall–Kier alpha value is -3.73. The molecule has 2 aliphatic rings. The van der Waals surface area contributed by atoms with Crippen molar-refractivity contribution in [1.29, 1.82) is 0 Å². The minimum atomic E-state index is 0.741. The van der Waals surface area contributed by atoms with E-state index in [4.69, 9.17) is 14.4 Å². The zero-order valence-corrected chi connectivity index (χ0v) is 19.9. The van der Waals surface area contributed by atoms with Crippen LogP contribution in [0.4, 0.5) is 11.4 Å². The summed E-state index contributed by atoms with van der Waals surface area (Å²) in [5.41, 5.74) is 4.58. The Bertz CT molecular complexity index is 1430. The van der Waals surface area contributed by atoms with Gasteiger partial charge in [0.15, 0.2) is 11.3 Å². The first kappa shape index (κ1) is 22.1. The normalized spacial score (nSPS) is 12.1. The van der Waals surface area contributed by atoms with Gasteiger partial charge in [0.05, 0.1) is 11.0 Å². The Kier molecular flexibility index (Phi) is 6.52. The highest BCUT2D eigenvalue weighted by Gasteiger charge is 2.16. The lowest BCUT2D eigenvalue weighted by Gasteiger charge is -2.25. The maximum atomic E-state index is 6.47. The monoisotopic (exact) mass is 450 g/mol. The summed E-state index contributed by atoms with van der Waals surface area (Å²) in [6, 6.07) is 20.5. The van der Waals surface area contributed by atoms with Crippen LogP contribution in [0.5, 0.6) is 0 Å². The van der Waals surface area contributed by atoms with Gasteiger partial charge in [-0.15, -0.1) is 0 Å². The smallest absolute Gasteiger partial charge is 0.155 e. The third-order valence-electron chi connectivity index (χ3n) is 6.20. The van der Waals surface area contributed by atoms with Gasteiger partial charge in [-0.2, -0.15) is 0 Å². The molecule has 3 aromatic rings. The molecule has 0 saturated carbocycles.